The van der Waals surface area contributed by atoms with Crippen LogP contribution >= 0.6 is 11.5 Å². The van der Waals surface area contributed by atoms with Crippen molar-refractivity contribution in [2.45, 2.75) is 6.54 Å². The lowest BCUT2D eigenvalue weighted by Crippen LogP contribution is -2.13. The smallest absolute Gasteiger partial charge is 0.151 e. The Morgan fingerprint density at radius 3 is 3.00 bits per heavy atom. The Bertz CT molecular complexity index is 440. The minimum atomic E-state index is 0.670. The normalized spacial score (nSPS) is 10.1. The number of hydrogen-bond donors (Lipinski definition) is 1. The average Bonchev–Trinajstić information content (AvgIpc) is 2.79. The van der Waals surface area contributed by atoms with Gasteiger partial charge < -0.3 is 10.2 Å². The first kappa shape index (κ1) is 10.8. The number of pyridine rings is 1. The van der Waals surface area contributed by atoms with Gasteiger partial charge in [-0.3, -0.25) is 0 Å². The number of nitrogens with zero attached hydrogens (tertiary/aromatic N) is 4. The van der Waals surface area contributed by atoms with Gasteiger partial charge in [0, 0.05) is 25.7 Å². The molecule has 2 heterocycles. The van der Waals surface area contributed by atoms with Crippen molar-refractivity contribution in [2.24, 2.45) is 0 Å². The van der Waals surface area contributed by atoms with E-state index in [4.69, 9.17) is 0 Å². The Morgan fingerprint density at radius 1 is 1.44 bits per heavy atom. The summed E-state index contributed by atoms with van der Waals surface area (Å²) in [6.45, 7) is 0.670. The Kier molecular flexibility index (Phi) is 3.31. The molecule has 0 spiro atoms. The van der Waals surface area contributed by atoms with E-state index >= 15 is 0 Å². The number of aromatic nitrogens is 3. The van der Waals surface area contributed by atoms with Crippen molar-refractivity contribution in [3.8, 4) is 0 Å². The van der Waals surface area contributed by atoms with Crippen LogP contribution < -0.4 is 10.2 Å². The van der Waals surface area contributed by atoms with Crippen LogP contribution in [0, 0.1) is 0 Å². The molecule has 0 aliphatic heterocycles. The standard InChI is InChI=1S/C10H13N5S/c1-15(2)10-9(4-3-5-11-10)12-6-8-7-16-14-13-8/h3-5,7,12H,6H2,1-2H3. The third kappa shape index (κ3) is 2.46. The summed E-state index contributed by atoms with van der Waals surface area (Å²) in [6, 6.07) is 3.91. The molecular weight excluding hydrogens is 222 g/mol. The Morgan fingerprint density at radius 2 is 2.31 bits per heavy atom. The van der Waals surface area contributed by atoms with Gasteiger partial charge in [-0.15, -0.1) is 5.10 Å². The molecule has 2 aromatic heterocycles. The van der Waals surface area contributed by atoms with Gasteiger partial charge in [-0.2, -0.15) is 0 Å². The second-order valence-electron chi connectivity index (χ2n) is 3.52. The van der Waals surface area contributed by atoms with Crippen LogP contribution in [0.15, 0.2) is 23.7 Å². The maximum absolute atomic E-state index is 4.31. The fraction of sp³-hybridized carbons (Fsp3) is 0.300. The molecule has 2 rings (SSSR count). The molecule has 0 unspecified atom stereocenters. The van der Waals surface area contributed by atoms with Gasteiger partial charge in [0.15, 0.2) is 5.82 Å². The minimum absolute atomic E-state index is 0.670. The average molecular weight is 235 g/mol. The van der Waals surface area contributed by atoms with Crippen molar-refractivity contribution in [1.82, 2.24) is 14.6 Å². The summed E-state index contributed by atoms with van der Waals surface area (Å²) in [4.78, 5) is 6.28. The molecule has 16 heavy (non-hydrogen) atoms. The summed E-state index contributed by atoms with van der Waals surface area (Å²) in [7, 11) is 3.94. The van der Waals surface area contributed by atoms with Crippen LogP contribution in [-0.2, 0) is 6.54 Å². The number of hydrogen-bond acceptors (Lipinski definition) is 6. The van der Waals surface area contributed by atoms with Crippen LogP contribution in [0.3, 0.4) is 0 Å². The number of rotatable bonds is 4. The van der Waals surface area contributed by atoms with Crippen LogP contribution in [-0.4, -0.2) is 28.7 Å². The molecule has 5 nitrogen and oxygen atoms in total. The zero-order valence-electron chi connectivity index (χ0n) is 9.21. The van der Waals surface area contributed by atoms with E-state index in [-0.39, 0.29) is 0 Å². The predicted octanol–water partition coefficient (Wildman–Crippen LogP) is 1.61. The molecule has 0 bridgehead atoms. The van der Waals surface area contributed by atoms with Gasteiger partial charge in [-0.25, -0.2) is 4.98 Å². The van der Waals surface area contributed by atoms with Crippen molar-refractivity contribution < 1.29 is 0 Å². The summed E-state index contributed by atoms with van der Waals surface area (Å²) in [5, 5.41) is 9.20. The van der Waals surface area contributed by atoms with Crippen molar-refractivity contribution in [3.63, 3.8) is 0 Å². The van der Waals surface area contributed by atoms with Crippen molar-refractivity contribution in [2.75, 3.05) is 24.3 Å². The maximum Gasteiger partial charge on any atom is 0.151 e. The second kappa shape index (κ2) is 4.89. The fourth-order valence-corrected chi connectivity index (χ4v) is 1.79. The van der Waals surface area contributed by atoms with Gasteiger partial charge >= 0.3 is 0 Å². The van der Waals surface area contributed by atoms with E-state index in [1.54, 1.807) is 6.20 Å². The lowest BCUT2D eigenvalue weighted by atomic mass is 10.3. The first-order chi connectivity index (χ1) is 7.77. The van der Waals surface area contributed by atoms with E-state index in [0.717, 1.165) is 17.2 Å². The first-order valence-electron chi connectivity index (χ1n) is 4.89. The molecule has 0 aromatic carbocycles. The molecule has 6 heteroatoms. The highest BCUT2D eigenvalue weighted by Crippen LogP contribution is 2.20. The summed E-state index contributed by atoms with van der Waals surface area (Å²) in [5.74, 6) is 0.922. The van der Waals surface area contributed by atoms with E-state index in [1.165, 1.54) is 11.5 Å². The van der Waals surface area contributed by atoms with Gasteiger partial charge in [0.2, 0.25) is 0 Å². The summed E-state index contributed by atoms with van der Waals surface area (Å²) < 4.78 is 3.82. The lowest BCUT2D eigenvalue weighted by Gasteiger charge is -2.16. The number of nitrogens with one attached hydrogen (secondary N) is 1. The molecule has 0 aliphatic rings. The van der Waals surface area contributed by atoms with E-state index in [1.807, 2.05) is 36.5 Å². The van der Waals surface area contributed by atoms with Crippen LogP contribution in [0.5, 0.6) is 0 Å². The third-order valence-corrected chi connectivity index (χ3v) is 2.63. The quantitative estimate of drug-likeness (QED) is 0.872. The first-order valence-corrected chi connectivity index (χ1v) is 5.73. The highest BCUT2D eigenvalue weighted by molar-refractivity contribution is 7.03. The molecule has 2 aromatic rings. The largest absolute Gasteiger partial charge is 0.376 e. The van der Waals surface area contributed by atoms with Crippen LogP contribution in [0.4, 0.5) is 11.5 Å². The molecule has 0 saturated heterocycles. The highest BCUT2D eigenvalue weighted by Gasteiger charge is 2.05. The molecule has 0 saturated carbocycles. The summed E-state index contributed by atoms with van der Waals surface area (Å²) >= 11 is 1.36. The Balaban J connectivity index is 2.09. The van der Waals surface area contributed by atoms with Crippen LogP contribution in [0.2, 0.25) is 0 Å². The van der Waals surface area contributed by atoms with Gasteiger partial charge in [-0.1, -0.05) is 4.49 Å². The molecule has 0 amide bonds. The fourth-order valence-electron chi connectivity index (χ4n) is 1.34. The van der Waals surface area contributed by atoms with Crippen molar-refractivity contribution in [3.05, 3.63) is 29.4 Å². The topological polar surface area (TPSA) is 53.9 Å². The number of anilines is 2. The minimum Gasteiger partial charge on any atom is -0.376 e. The molecule has 0 atom stereocenters. The van der Waals surface area contributed by atoms with Gasteiger partial charge in [0.25, 0.3) is 0 Å². The molecular formula is C10H13N5S. The molecule has 84 valence electrons. The van der Waals surface area contributed by atoms with E-state index in [9.17, 15) is 0 Å². The molecule has 0 radical (unpaired) electrons. The van der Waals surface area contributed by atoms with Crippen LogP contribution in [0.1, 0.15) is 5.69 Å². The van der Waals surface area contributed by atoms with Gasteiger partial charge in [0.1, 0.15) is 0 Å². The SMILES string of the molecule is CN(C)c1ncccc1NCc1csnn1. The van der Waals surface area contributed by atoms with Gasteiger partial charge in [-0.05, 0) is 23.7 Å². The molecule has 0 fully saturated rings. The van der Waals surface area contributed by atoms with Gasteiger partial charge in [0.05, 0.1) is 17.9 Å². The molecule has 1 N–H and O–H groups in total. The zero-order valence-corrected chi connectivity index (χ0v) is 10.0. The predicted molar refractivity (Wildman–Crippen MR) is 65.8 cm³/mol. The van der Waals surface area contributed by atoms with Crippen molar-refractivity contribution in [1.29, 1.82) is 0 Å². The summed E-state index contributed by atoms with van der Waals surface area (Å²) in [6.07, 6.45) is 1.78. The highest BCUT2D eigenvalue weighted by atomic mass is 32.1. The van der Waals surface area contributed by atoms with E-state index < -0.39 is 0 Å². The zero-order chi connectivity index (χ0) is 11.4. The van der Waals surface area contributed by atoms with E-state index in [2.05, 4.69) is 19.9 Å². The van der Waals surface area contributed by atoms with Crippen LogP contribution in [0.25, 0.3) is 0 Å². The maximum atomic E-state index is 4.31. The van der Waals surface area contributed by atoms with E-state index in [0.29, 0.717) is 6.54 Å². The summed E-state index contributed by atoms with van der Waals surface area (Å²) in [5.41, 5.74) is 1.94. The lowest BCUT2D eigenvalue weighted by molar-refractivity contribution is 0.988. The second-order valence-corrected chi connectivity index (χ2v) is 4.13. The monoisotopic (exact) mass is 235 g/mol. The Labute approximate surface area is 98.3 Å². The molecule has 0 aliphatic carbocycles. The van der Waals surface area contributed by atoms with Crippen molar-refractivity contribution >= 4 is 23.0 Å². The Hall–Kier alpha value is -1.69. The third-order valence-electron chi connectivity index (χ3n) is 2.08.